The van der Waals surface area contributed by atoms with Crippen molar-refractivity contribution in [3.63, 3.8) is 0 Å². The second-order valence-electron chi connectivity index (χ2n) is 23.1. The minimum absolute atomic E-state index is 0.0573. The Morgan fingerprint density at radius 1 is 0.699 bits per heavy atom. The van der Waals surface area contributed by atoms with Gasteiger partial charge in [0.25, 0.3) is 0 Å². The number of aromatic amines is 2. The molecule has 8 aliphatic carbocycles. The number of likely N-dealkylation sites (tertiary alicyclic amines) is 2. The number of imidazole rings is 2. The Kier molecular flexibility index (Phi) is 14.9. The molecule has 0 spiro atoms. The van der Waals surface area contributed by atoms with E-state index >= 15 is 0 Å². The third-order valence-electron chi connectivity index (χ3n) is 18.0. The van der Waals surface area contributed by atoms with Gasteiger partial charge in [0, 0.05) is 12.1 Å². The number of hydrogen-bond acceptors (Lipinski definition) is 8. The van der Waals surface area contributed by atoms with Gasteiger partial charge in [-0.3, -0.25) is 9.59 Å². The van der Waals surface area contributed by atoms with Crippen LogP contribution < -0.4 is 10.6 Å². The van der Waals surface area contributed by atoms with E-state index in [0.717, 1.165) is 118 Å². The lowest BCUT2D eigenvalue weighted by molar-refractivity contribution is -0.139. The van der Waals surface area contributed by atoms with Crippen LogP contribution in [0.3, 0.4) is 0 Å². The van der Waals surface area contributed by atoms with Crippen molar-refractivity contribution in [2.75, 3.05) is 14.2 Å². The van der Waals surface area contributed by atoms with Crippen LogP contribution in [0.25, 0.3) is 22.4 Å². The van der Waals surface area contributed by atoms with Crippen LogP contribution in [0.1, 0.15) is 166 Å². The molecular formula is C59H78N8O6. The zero-order chi connectivity index (χ0) is 51.1. The Balaban J connectivity index is 0.951. The summed E-state index contributed by atoms with van der Waals surface area (Å²) >= 11 is 0. The molecule has 4 amide bonds. The number of carbonyl (C=O) groups is 4. The molecule has 73 heavy (non-hydrogen) atoms. The van der Waals surface area contributed by atoms with Crippen molar-refractivity contribution in [2.45, 2.75) is 167 Å². The fraction of sp³-hybridized carbons (Fsp3) is 0.593. The van der Waals surface area contributed by atoms with E-state index in [4.69, 9.17) is 19.4 Å². The van der Waals surface area contributed by atoms with Gasteiger partial charge in [-0.25, -0.2) is 19.6 Å². The van der Waals surface area contributed by atoms with Crippen LogP contribution in [0.15, 0.2) is 72.1 Å². The van der Waals surface area contributed by atoms with E-state index in [0.29, 0.717) is 23.7 Å². The first kappa shape index (κ1) is 50.6. The standard InChI is InChI=1S/C59H78N8O6/c1-33(2)52(64-58(70)72-6)56(68)66-48-14-10-8-12-41(48)29-50(66)54-60-31-46(62-54)39-24-22-38(23-25-39)44-28-43-26-35(5)37-19-16-36(17-20-37)18-21-40(44)27-45(43)47-32-61-55(63-47)51-30-42-13-9-11-15-49(42)67(51)57(69)53(34(3)4)65-59(71)73-7/h16-17,19,22-25,27,31-35,37,41-43,48-53H,8-15,18,20-21,26,28-30H2,1-7H3,(H,60,62)(H,61,63)(H,64,70)(H,65,71)/t35-,37-,41?,42?,43+,48?,49?,50+,51+,52+,53+/m1/s1. The van der Waals surface area contributed by atoms with E-state index in [1.807, 2.05) is 45.0 Å². The molecule has 14 heteroatoms. The monoisotopic (exact) mass is 995 g/mol. The van der Waals surface area contributed by atoms with Gasteiger partial charge < -0.3 is 39.9 Å². The molecule has 4 N–H and O–H groups in total. The third kappa shape index (κ3) is 10.2. The maximum absolute atomic E-state index is 14.6. The average Bonchev–Trinajstić information content (AvgIpc) is 4.23. The highest BCUT2D eigenvalue weighted by molar-refractivity contribution is 5.88. The van der Waals surface area contributed by atoms with Crippen molar-refractivity contribution >= 4 is 35.1 Å². The summed E-state index contributed by atoms with van der Waals surface area (Å²) in [5.41, 5.74) is 9.62. The van der Waals surface area contributed by atoms with Crippen molar-refractivity contribution in [1.82, 2.24) is 40.4 Å². The van der Waals surface area contributed by atoms with E-state index in [9.17, 15) is 19.2 Å². The molecule has 3 aromatic rings. The Labute approximate surface area is 431 Å². The number of rotatable bonds is 11. The van der Waals surface area contributed by atoms with Crippen molar-refractivity contribution < 1.29 is 28.7 Å². The predicted octanol–water partition coefficient (Wildman–Crippen LogP) is 11.4. The molecule has 2 aromatic heterocycles. The molecule has 2 saturated carbocycles. The number of hydrogen-bond donors (Lipinski definition) is 4. The number of amides is 4. The average molecular weight is 995 g/mol. The van der Waals surface area contributed by atoms with E-state index in [-0.39, 0.29) is 53.7 Å². The SMILES string of the molecule is COC(=O)N[C@H](C(=O)N1C2CCCCC2C[C@H]1c1ncc(C2=CC3=C(c4ccc(-c5cnc([C@@H]6CC7CCCCC7N6C(=O)[C@@H](NC(=O)OC)C(C)C)[nH]5)cc4)C[C@@H]2C[C@@H](C)[C@@H]2C=CC(=CC2)CC3)[nH]1)C(C)C. The van der Waals surface area contributed by atoms with Crippen LogP contribution in [0.4, 0.5) is 9.59 Å². The normalized spacial score (nSPS) is 28.7. The molecule has 4 heterocycles. The van der Waals surface area contributed by atoms with Crippen LogP contribution in [0.5, 0.6) is 0 Å². The number of aromatic nitrogens is 4. The third-order valence-corrected chi connectivity index (χ3v) is 18.0. The van der Waals surface area contributed by atoms with Gasteiger partial charge in [-0.2, -0.15) is 0 Å². The topological polar surface area (TPSA) is 175 Å². The summed E-state index contributed by atoms with van der Waals surface area (Å²) in [7, 11) is 2.67. The molecule has 390 valence electrons. The van der Waals surface area contributed by atoms with Gasteiger partial charge in [-0.1, -0.05) is 114 Å². The van der Waals surface area contributed by atoms with Crippen LogP contribution in [-0.2, 0) is 19.1 Å². The Morgan fingerprint density at radius 3 is 1.77 bits per heavy atom. The van der Waals surface area contributed by atoms with E-state index < -0.39 is 24.3 Å². The molecule has 14 nitrogen and oxygen atoms in total. The largest absolute Gasteiger partial charge is 0.453 e. The summed E-state index contributed by atoms with van der Waals surface area (Å²) in [6.07, 6.45) is 27.7. The first-order valence-corrected chi connectivity index (χ1v) is 27.6. The lowest BCUT2D eigenvalue weighted by atomic mass is 9.71. The van der Waals surface area contributed by atoms with E-state index in [2.05, 4.69) is 81.0 Å². The number of nitrogens with one attached hydrogen (secondary N) is 4. The molecule has 4 unspecified atom stereocenters. The molecule has 1 aromatic carbocycles. The van der Waals surface area contributed by atoms with Gasteiger partial charge in [0.2, 0.25) is 11.8 Å². The van der Waals surface area contributed by atoms with Crippen LogP contribution in [0, 0.1) is 41.4 Å². The number of fused-ring (bicyclic) bond motifs is 2. The van der Waals surface area contributed by atoms with Gasteiger partial charge in [-0.05, 0) is 140 Å². The molecule has 4 bridgehead atoms. The summed E-state index contributed by atoms with van der Waals surface area (Å²) in [6.45, 7) is 10.3. The number of carbonyl (C=O) groups excluding carboxylic acids is 4. The smallest absolute Gasteiger partial charge is 0.407 e. The number of ether oxygens (including phenoxy) is 2. The number of benzene rings is 1. The minimum atomic E-state index is -0.696. The van der Waals surface area contributed by atoms with Crippen LogP contribution >= 0.6 is 0 Å². The second kappa shape index (κ2) is 21.5. The summed E-state index contributed by atoms with van der Waals surface area (Å²) in [5, 5.41) is 5.70. The number of allylic oxidation sites excluding steroid dienone is 8. The minimum Gasteiger partial charge on any atom is -0.453 e. The summed E-state index contributed by atoms with van der Waals surface area (Å²) in [6, 6.07) is 7.37. The fourth-order valence-corrected chi connectivity index (χ4v) is 14.0. The lowest BCUT2D eigenvalue weighted by Gasteiger charge is -2.36. The van der Waals surface area contributed by atoms with Gasteiger partial charge >= 0.3 is 12.2 Å². The van der Waals surface area contributed by atoms with Gasteiger partial charge in [0.15, 0.2) is 0 Å². The number of H-pyrrole nitrogens is 2. The maximum atomic E-state index is 14.6. The van der Waals surface area contributed by atoms with Crippen molar-refractivity contribution in [3.8, 4) is 11.3 Å². The summed E-state index contributed by atoms with van der Waals surface area (Å²) < 4.78 is 9.90. The molecule has 10 aliphatic rings. The maximum Gasteiger partial charge on any atom is 0.407 e. The van der Waals surface area contributed by atoms with Crippen LogP contribution in [0.2, 0.25) is 0 Å². The first-order valence-electron chi connectivity index (χ1n) is 27.6. The van der Waals surface area contributed by atoms with E-state index in [1.165, 1.54) is 48.5 Å². The molecule has 2 aliphatic heterocycles. The van der Waals surface area contributed by atoms with Crippen molar-refractivity contribution in [2.24, 2.45) is 41.4 Å². The van der Waals surface area contributed by atoms with Crippen LogP contribution in [-0.4, -0.2) is 92.1 Å². The lowest BCUT2D eigenvalue weighted by Crippen LogP contribution is -2.53. The zero-order valence-corrected chi connectivity index (χ0v) is 44.1. The fourth-order valence-electron chi connectivity index (χ4n) is 14.0. The molecular weight excluding hydrogens is 917 g/mol. The number of alkyl carbamates (subject to hydrolysis) is 2. The number of nitrogens with zero attached hydrogens (tertiary/aromatic N) is 4. The first-order chi connectivity index (χ1) is 35.3. The Bertz CT molecular complexity index is 2660. The van der Waals surface area contributed by atoms with Gasteiger partial charge in [0.05, 0.1) is 50.1 Å². The molecule has 0 radical (unpaired) electrons. The summed E-state index contributed by atoms with van der Waals surface area (Å²) in [5.74, 6) is 3.23. The molecule has 11 atom stereocenters. The van der Waals surface area contributed by atoms with E-state index in [1.54, 1.807) is 0 Å². The molecule has 4 fully saturated rings. The molecule has 2 saturated heterocycles. The zero-order valence-electron chi connectivity index (χ0n) is 44.1. The summed E-state index contributed by atoms with van der Waals surface area (Å²) in [4.78, 5) is 75.7. The highest BCUT2D eigenvalue weighted by Gasteiger charge is 2.50. The molecule has 13 rings (SSSR count). The van der Waals surface area contributed by atoms with Gasteiger partial charge in [0.1, 0.15) is 23.7 Å². The Morgan fingerprint density at radius 2 is 1.23 bits per heavy atom. The highest BCUT2D eigenvalue weighted by Crippen LogP contribution is 2.50. The highest BCUT2D eigenvalue weighted by atomic mass is 16.5. The second-order valence-corrected chi connectivity index (χ2v) is 23.1. The number of methoxy groups -OCH3 is 2. The van der Waals surface area contributed by atoms with Crippen molar-refractivity contribution in [1.29, 1.82) is 0 Å². The van der Waals surface area contributed by atoms with Crippen molar-refractivity contribution in [3.05, 3.63) is 95.0 Å². The predicted molar refractivity (Wildman–Crippen MR) is 282 cm³/mol. The Hall–Kier alpha value is -5.92. The van der Waals surface area contributed by atoms with Gasteiger partial charge in [-0.15, -0.1) is 0 Å². The quantitative estimate of drug-likeness (QED) is 0.147.